The SMILES string of the molecule is [B]P(I)c1cc(SCCCCN(c2ccccc2)c2ccc3c(c2)Cc2ccccc2C3)c(O)c(C(C)(C)C)c1. The van der Waals surface area contributed by atoms with Gasteiger partial charge in [0.15, 0.2) is 0 Å². The highest BCUT2D eigenvalue weighted by Crippen LogP contribution is 2.44. The molecule has 0 amide bonds. The first kappa shape index (κ1) is 29.5. The fraction of sp³-hybridized carbons (Fsp3) is 0.294. The van der Waals surface area contributed by atoms with Gasteiger partial charge in [-0.3, -0.25) is 0 Å². The van der Waals surface area contributed by atoms with Crippen molar-refractivity contribution in [2.24, 2.45) is 0 Å². The number of anilines is 2. The van der Waals surface area contributed by atoms with Gasteiger partial charge in [-0.05, 0) is 101 Å². The predicted molar refractivity (Wildman–Crippen MR) is 185 cm³/mol. The molecule has 204 valence electrons. The van der Waals surface area contributed by atoms with Crippen molar-refractivity contribution in [3.05, 3.63) is 113 Å². The van der Waals surface area contributed by atoms with Crippen LogP contribution in [0.15, 0.2) is 89.8 Å². The van der Waals surface area contributed by atoms with Gasteiger partial charge in [0.2, 0.25) is 0 Å². The minimum Gasteiger partial charge on any atom is -0.506 e. The average molecular weight is 675 g/mol. The van der Waals surface area contributed by atoms with Crippen LogP contribution in [0.2, 0.25) is 0 Å². The average Bonchev–Trinajstić information content (AvgIpc) is 2.94. The van der Waals surface area contributed by atoms with Crippen LogP contribution < -0.4 is 10.2 Å². The number of benzene rings is 4. The maximum absolute atomic E-state index is 11.1. The summed E-state index contributed by atoms with van der Waals surface area (Å²) in [5.41, 5.74) is 8.36. The number of hydrogen-bond acceptors (Lipinski definition) is 3. The Morgan fingerprint density at radius 2 is 1.48 bits per heavy atom. The van der Waals surface area contributed by atoms with E-state index in [9.17, 15) is 5.11 Å². The zero-order valence-electron chi connectivity index (χ0n) is 23.5. The summed E-state index contributed by atoms with van der Waals surface area (Å²) in [6.45, 7) is 7.37. The first-order valence-corrected chi connectivity index (χ1v) is 19.1. The van der Waals surface area contributed by atoms with Crippen LogP contribution in [0.3, 0.4) is 0 Å². The number of halogens is 1. The largest absolute Gasteiger partial charge is 0.506 e. The second kappa shape index (κ2) is 12.9. The minimum atomic E-state index is -0.749. The van der Waals surface area contributed by atoms with E-state index in [-0.39, 0.29) is 5.41 Å². The third-order valence-corrected chi connectivity index (χ3v) is 11.1. The van der Waals surface area contributed by atoms with Crippen molar-refractivity contribution in [2.45, 2.75) is 56.8 Å². The predicted octanol–water partition coefficient (Wildman–Crippen LogP) is 9.44. The van der Waals surface area contributed by atoms with Crippen molar-refractivity contribution >= 4 is 63.5 Å². The van der Waals surface area contributed by atoms with Crippen LogP contribution >= 0.6 is 39.2 Å². The molecule has 0 saturated heterocycles. The number of thioether (sulfide) groups is 1. The number of phenolic OH excluding ortho intramolecular Hbond substituents is 1. The van der Waals surface area contributed by atoms with Crippen LogP contribution in [-0.2, 0) is 18.3 Å². The first-order chi connectivity index (χ1) is 19.2. The summed E-state index contributed by atoms with van der Waals surface area (Å²) in [5, 5.41) is 12.2. The zero-order valence-corrected chi connectivity index (χ0v) is 27.4. The van der Waals surface area contributed by atoms with Gasteiger partial charge in [0.1, 0.15) is 13.3 Å². The molecule has 0 aromatic heterocycles. The molecule has 0 saturated carbocycles. The van der Waals surface area contributed by atoms with E-state index in [1.165, 1.54) is 33.6 Å². The minimum absolute atomic E-state index is 0.134. The number of para-hydroxylation sites is 1. The van der Waals surface area contributed by atoms with E-state index in [0.29, 0.717) is 5.75 Å². The summed E-state index contributed by atoms with van der Waals surface area (Å²) in [4.78, 5) is 3.41. The standard InChI is InChI=1S/C34H36BINOPS/c1-34(2,3)31-22-30(39(35)36)23-32(33(31)38)40-18-10-9-17-37(28-13-5-4-6-14-28)29-16-15-26-19-24-11-7-8-12-25(24)20-27(26)21-29/h4-8,11-16,21-23,38H,9-10,17-20H2,1-3H3. The van der Waals surface area contributed by atoms with Crippen molar-refractivity contribution in [1.82, 2.24) is 0 Å². The lowest BCUT2D eigenvalue weighted by Gasteiger charge is -2.28. The molecule has 2 radical (unpaired) electrons. The van der Waals surface area contributed by atoms with Gasteiger partial charge in [0, 0.05) is 23.5 Å². The van der Waals surface area contributed by atoms with Gasteiger partial charge in [-0.15, -0.1) is 11.8 Å². The fourth-order valence-corrected chi connectivity index (χ4v) is 7.85. The summed E-state index contributed by atoms with van der Waals surface area (Å²) < 4.78 is 0. The number of rotatable bonds is 9. The van der Waals surface area contributed by atoms with E-state index in [0.717, 1.165) is 53.7 Å². The molecule has 0 spiro atoms. The number of unbranched alkanes of at least 4 members (excludes halogenated alkanes) is 1. The van der Waals surface area contributed by atoms with Gasteiger partial charge in [0.25, 0.3) is 0 Å². The lowest BCUT2D eigenvalue weighted by Crippen LogP contribution is -2.19. The molecular weight excluding hydrogens is 639 g/mol. The molecule has 4 aromatic rings. The summed E-state index contributed by atoms with van der Waals surface area (Å²) in [5.74, 6) is 1.37. The number of fused-ring (bicyclic) bond motifs is 2. The van der Waals surface area contributed by atoms with Crippen molar-refractivity contribution in [3.63, 3.8) is 0 Å². The van der Waals surface area contributed by atoms with Crippen LogP contribution in [0.1, 0.15) is 61.4 Å². The number of nitrogens with zero attached hydrogens (tertiary/aromatic N) is 1. The Morgan fingerprint density at radius 3 is 2.15 bits per heavy atom. The molecule has 1 aliphatic rings. The topological polar surface area (TPSA) is 23.5 Å². The lowest BCUT2D eigenvalue weighted by atomic mass is 9.86. The Labute approximate surface area is 259 Å². The molecule has 0 heterocycles. The molecule has 1 atom stereocenters. The third-order valence-electron chi connectivity index (χ3n) is 7.60. The van der Waals surface area contributed by atoms with E-state index in [1.54, 1.807) is 11.8 Å². The molecule has 6 heteroatoms. The Kier molecular flexibility index (Phi) is 9.54. The molecule has 5 rings (SSSR count). The van der Waals surface area contributed by atoms with Crippen LogP contribution in [0, 0.1) is 0 Å². The normalized spacial score (nSPS) is 13.4. The van der Waals surface area contributed by atoms with Crippen molar-refractivity contribution in [3.8, 4) is 5.75 Å². The second-order valence-corrected chi connectivity index (χ2v) is 16.9. The number of aromatic hydroxyl groups is 1. The van der Waals surface area contributed by atoms with Crippen molar-refractivity contribution in [1.29, 1.82) is 0 Å². The van der Waals surface area contributed by atoms with E-state index >= 15 is 0 Å². The third kappa shape index (κ3) is 6.91. The van der Waals surface area contributed by atoms with Gasteiger partial charge in [-0.25, -0.2) is 0 Å². The molecule has 1 N–H and O–H groups in total. The highest BCUT2D eigenvalue weighted by molar-refractivity contribution is 14.2. The summed E-state index contributed by atoms with van der Waals surface area (Å²) >= 11 is 4.06. The molecule has 0 bridgehead atoms. The van der Waals surface area contributed by atoms with Gasteiger partial charge in [-0.1, -0.05) is 96.8 Å². The van der Waals surface area contributed by atoms with Crippen LogP contribution in [0.4, 0.5) is 11.4 Å². The highest BCUT2D eigenvalue weighted by Gasteiger charge is 2.23. The number of phenols is 1. The Morgan fingerprint density at radius 1 is 0.825 bits per heavy atom. The zero-order chi connectivity index (χ0) is 28.3. The highest BCUT2D eigenvalue weighted by atomic mass is 127. The molecule has 1 unspecified atom stereocenters. The quantitative estimate of drug-likeness (QED) is 0.0554. The van der Waals surface area contributed by atoms with Gasteiger partial charge < -0.3 is 10.0 Å². The number of hydrogen-bond donors (Lipinski definition) is 1. The molecule has 1 aliphatic carbocycles. The van der Waals surface area contributed by atoms with Gasteiger partial charge >= 0.3 is 0 Å². The maximum Gasteiger partial charge on any atom is 0.132 e. The Hall–Kier alpha value is -1.95. The van der Waals surface area contributed by atoms with E-state index < -0.39 is 5.44 Å². The summed E-state index contributed by atoms with van der Waals surface area (Å²) in [6.07, 6.45) is 4.13. The molecular formula is C34H36BINOPS. The lowest BCUT2D eigenvalue weighted by molar-refractivity contribution is 0.435. The molecule has 40 heavy (non-hydrogen) atoms. The van der Waals surface area contributed by atoms with Crippen molar-refractivity contribution in [2.75, 3.05) is 17.2 Å². The van der Waals surface area contributed by atoms with Crippen LogP contribution in [-0.4, -0.2) is 25.0 Å². The van der Waals surface area contributed by atoms with Gasteiger partial charge in [-0.2, -0.15) is 0 Å². The van der Waals surface area contributed by atoms with Crippen molar-refractivity contribution < 1.29 is 5.11 Å². The monoisotopic (exact) mass is 675 g/mol. The molecule has 2 nitrogen and oxygen atoms in total. The fourth-order valence-electron chi connectivity index (χ4n) is 5.40. The smallest absolute Gasteiger partial charge is 0.132 e. The summed E-state index contributed by atoms with van der Waals surface area (Å²) in [6, 6.07) is 30.8. The molecule has 0 aliphatic heterocycles. The van der Waals surface area contributed by atoms with Gasteiger partial charge in [0.05, 0.1) is 4.90 Å². The summed E-state index contributed by atoms with van der Waals surface area (Å²) in [7, 11) is 6.29. The first-order valence-electron chi connectivity index (χ1n) is 13.9. The van der Waals surface area contributed by atoms with Crippen LogP contribution in [0.25, 0.3) is 0 Å². The van der Waals surface area contributed by atoms with E-state index in [4.69, 9.17) is 7.57 Å². The Balaban J connectivity index is 1.28. The van der Waals surface area contributed by atoms with Crippen LogP contribution in [0.5, 0.6) is 5.75 Å². The molecule has 4 aromatic carbocycles. The van der Waals surface area contributed by atoms with E-state index in [1.807, 2.05) is 0 Å². The second-order valence-electron chi connectivity index (χ2n) is 11.5. The Bertz CT molecular complexity index is 1470. The van der Waals surface area contributed by atoms with E-state index in [2.05, 4.69) is 133 Å². The molecule has 0 fully saturated rings. The maximum atomic E-state index is 11.1.